The maximum atomic E-state index is 13.9. The fraction of sp³-hybridized carbons (Fsp3) is 0.200. The lowest BCUT2D eigenvalue weighted by Gasteiger charge is -2.37. The molecular formula is C25H22N2O4S. The molecule has 1 amide bonds. The van der Waals surface area contributed by atoms with Crippen LogP contribution in [0.4, 0.5) is 0 Å². The van der Waals surface area contributed by atoms with E-state index in [2.05, 4.69) is 4.98 Å². The molecule has 1 N–H and O–H groups in total. The van der Waals surface area contributed by atoms with Crippen LogP contribution in [0.25, 0.3) is 10.9 Å². The van der Waals surface area contributed by atoms with Crippen molar-refractivity contribution >= 4 is 28.1 Å². The first-order valence-corrected chi connectivity index (χ1v) is 11.2. The fourth-order valence-electron chi connectivity index (χ4n) is 4.45. The van der Waals surface area contributed by atoms with E-state index in [0.29, 0.717) is 35.5 Å². The molecule has 1 atom stereocenters. The summed E-state index contributed by atoms with van der Waals surface area (Å²) in [5.41, 5.74) is 2.91. The monoisotopic (exact) mass is 446 g/mol. The van der Waals surface area contributed by atoms with Crippen LogP contribution in [-0.2, 0) is 6.42 Å². The second-order valence-electron chi connectivity index (χ2n) is 7.67. The molecule has 0 spiro atoms. The van der Waals surface area contributed by atoms with Gasteiger partial charge in [0.2, 0.25) is 5.56 Å². The number of pyridine rings is 1. The second kappa shape index (κ2) is 8.16. The molecule has 0 radical (unpaired) electrons. The van der Waals surface area contributed by atoms with E-state index in [1.807, 2.05) is 58.8 Å². The van der Waals surface area contributed by atoms with Gasteiger partial charge in [0.05, 0.1) is 25.8 Å². The van der Waals surface area contributed by atoms with E-state index in [-0.39, 0.29) is 17.5 Å². The molecule has 4 aromatic rings. The zero-order valence-corrected chi connectivity index (χ0v) is 18.6. The molecule has 162 valence electrons. The highest BCUT2D eigenvalue weighted by atomic mass is 32.1. The molecule has 2 aromatic heterocycles. The molecule has 3 heterocycles. The lowest BCUT2D eigenvalue weighted by molar-refractivity contribution is 0.0698. The van der Waals surface area contributed by atoms with E-state index >= 15 is 0 Å². The van der Waals surface area contributed by atoms with Gasteiger partial charge in [-0.25, -0.2) is 0 Å². The summed E-state index contributed by atoms with van der Waals surface area (Å²) in [4.78, 5) is 31.9. The fourth-order valence-corrected chi connectivity index (χ4v) is 5.31. The third-order valence-electron chi connectivity index (χ3n) is 5.93. The highest BCUT2D eigenvalue weighted by molar-refractivity contribution is 7.10. The summed E-state index contributed by atoms with van der Waals surface area (Å²) in [5.74, 6) is 1.14. The maximum absolute atomic E-state index is 13.9. The molecule has 1 aliphatic heterocycles. The van der Waals surface area contributed by atoms with Crippen molar-refractivity contribution in [2.45, 2.75) is 12.5 Å². The Bertz CT molecular complexity index is 1360. The van der Waals surface area contributed by atoms with Crippen molar-refractivity contribution in [3.63, 3.8) is 0 Å². The number of para-hydroxylation sites is 1. The molecule has 1 aliphatic rings. The number of benzene rings is 2. The second-order valence-corrected chi connectivity index (χ2v) is 8.64. The molecule has 1 unspecified atom stereocenters. The van der Waals surface area contributed by atoms with Crippen LogP contribution in [0.5, 0.6) is 11.5 Å². The molecule has 5 rings (SSSR count). The summed E-state index contributed by atoms with van der Waals surface area (Å²) < 4.78 is 11.0. The van der Waals surface area contributed by atoms with Gasteiger partial charge in [0.25, 0.3) is 5.91 Å². The van der Waals surface area contributed by atoms with E-state index in [9.17, 15) is 9.59 Å². The summed E-state index contributed by atoms with van der Waals surface area (Å²) in [7, 11) is 3.23. The number of hydrogen-bond acceptors (Lipinski definition) is 5. The number of ether oxygens (including phenoxy) is 2. The molecule has 0 saturated carbocycles. The Morgan fingerprint density at radius 3 is 2.59 bits per heavy atom. The first-order valence-electron chi connectivity index (χ1n) is 10.3. The zero-order valence-electron chi connectivity index (χ0n) is 17.8. The van der Waals surface area contributed by atoms with E-state index in [0.717, 1.165) is 21.4 Å². The molecule has 0 fully saturated rings. The number of hydrogen-bond donors (Lipinski definition) is 1. The number of thiophene rings is 1. The zero-order chi connectivity index (χ0) is 22.2. The van der Waals surface area contributed by atoms with Gasteiger partial charge >= 0.3 is 0 Å². The number of nitrogens with one attached hydrogen (secondary N) is 1. The standard InChI is InChI=1S/C25H22N2O4S/c1-30-20-12-15-9-10-27(24(22-8-5-11-32-22)17(15)13-21(20)31-2)25(29)18-14-23(28)26-19-7-4-3-6-16(18)19/h3-8,11-14,24H,9-10H2,1-2H3,(H,26,28). The normalized spacial score (nSPS) is 15.4. The van der Waals surface area contributed by atoms with E-state index in [4.69, 9.17) is 9.47 Å². The van der Waals surface area contributed by atoms with Gasteiger partial charge in [0, 0.05) is 28.4 Å². The lowest BCUT2D eigenvalue weighted by atomic mass is 9.90. The average Bonchev–Trinajstić information content (AvgIpc) is 3.35. The van der Waals surface area contributed by atoms with Gasteiger partial charge in [-0.05, 0) is 47.2 Å². The van der Waals surface area contributed by atoms with Crippen molar-refractivity contribution in [1.29, 1.82) is 0 Å². The highest BCUT2D eigenvalue weighted by Crippen LogP contribution is 2.42. The van der Waals surface area contributed by atoms with Crippen LogP contribution in [0.1, 0.15) is 32.4 Å². The average molecular weight is 447 g/mol. The van der Waals surface area contributed by atoms with Crippen molar-refractivity contribution in [2.75, 3.05) is 20.8 Å². The van der Waals surface area contributed by atoms with Crippen LogP contribution in [-0.4, -0.2) is 36.6 Å². The molecule has 0 saturated heterocycles. The predicted molar refractivity (Wildman–Crippen MR) is 125 cm³/mol. The number of rotatable bonds is 4. The molecule has 0 bridgehead atoms. The molecular weight excluding hydrogens is 424 g/mol. The highest BCUT2D eigenvalue weighted by Gasteiger charge is 2.35. The number of nitrogens with zero attached hydrogens (tertiary/aromatic N) is 1. The third-order valence-corrected chi connectivity index (χ3v) is 6.85. The Morgan fingerprint density at radius 2 is 1.84 bits per heavy atom. The van der Waals surface area contributed by atoms with Gasteiger partial charge in [-0.3, -0.25) is 9.59 Å². The number of carbonyl (C=O) groups is 1. The number of fused-ring (bicyclic) bond motifs is 2. The smallest absolute Gasteiger partial charge is 0.255 e. The predicted octanol–water partition coefficient (Wildman–Crippen LogP) is 4.39. The minimum absolute atomic E-state index is 0.161. The lowest BCUT2D eigenvalue weighted by Crippen LogP contribution is -2.40. The summed E-state index contributed by atoms with van der Waals surface area (Å²) in [5, 5.41) is 2.75. The largest absolute Gasteiger partial charge is 0.493 e. The van der Waals surface area contributed by atoms with Crippen LogP contribution in [0.3, 0.4) is 0 Å². The number of H-pyrrole nitrogens is 1. The van der Waals surface area contributed by atoms with Crippen LogP contribution in [0.15, 0.2) is 64.8 Å². The quantitative estimate of drug-likeness (QED) is 0.505. The van der Waals surface area contributed by atoms with Crippen molar-refractivity contribution < 1.29 is 14.3 Å². The molecule has 0 aliphatic carbocycles. The van der Waals surface area contributed by atoms with E-state index in [1.165, 1.54) is 6.07 Å². The number of aromatic amines is 1. The van der Waals surface area contributed by atoms with Gasteiger partial charge in [-0.15, -0.1) is 11.3 Å². The van der Waals surface area contributed by atoms with Gasteiger partial charge < -0.3 is 19.4 Å². The van der Waals surface area contributed by atoms with E-state index in [1.54, 1.807) is 25.6 Å². The summed E-state index contributed by atoms with van der Waals surface area (Å²) >= 11 is 1.61. The minimum Gasteiger partial charge on any atom is -0.493 e. The number of amides is 1. The maximum Gasteiger partial charge on any atom is 0.255 e. The van der Waals surface area contributed by atoms with Crippen molar-refractivity contribution in [2.24, 2.45) is 0 Å². The molecule has 6 nitrogen and oxygen atoms in total. The topological polar surface area (TPSA) is 71.6 Å². The molecule has 7 heteroatoms. The van der Waals surface area contributed by atoms with Crippen LogP contribution < -0.4 is 15.0 Å². The number of carbonyl (C=O) groups excluding carboxylic acids is 1. The van der Waals surface area contributed by atoms with Crippen LogP contribution >= 0.6 is 11.3 Å². The van der Waals surface area contributed by atoms with Crippen molar-refractivity contribution in [3.8, 4) is 11.5 Å². The Kier molecular flexibility index (Phi) is 5.19. The van der Waals surface area contributed by atoms with Gasteiger partial charge in [-0.2, -0.15) is 0 Å². The Balaban J connectivity index is 1.67. The van der Waals surface area contributed by atoms with Gasteiger partial charge in [0.15, 0.2) is 11.5 Å². The SMILES string of the molecule is COc1cc2c(cc1OC)C(c1cccs1)N(C(=O)c1cc(=O)[nH]c3ccccc13)CC2. The van der Waals surface area contributed by atoms with Crippen LogP contribution in [0.2, 0.25) is 0 Å². The first kappa shape index (κ1) is 20.3. The molecule has 2 aromatic carbocycles. The number of methoxy groups -OCH3 is 2. The van der Waals surface area contributed by atoms with Crippen molar-refractivity contribution in [1.82, 2.24) is 9.88 Å². The Hall–Kier alpha value is -3.58. The van der Waals surface area contributed by atoms with Crippen LogP contribution in [0, 0.1) is 0 Å². The van der Waals surface area contributed by atoms with Gasteiger partial charge in [-0.1, -0.05) is 24.3 Å². The van der Waals surface area contributed by atoms with Crippen molar-refractivity contribution in [3.05, 3.63) is 91.9 Å². The minimum atomic E-state index is -0.288. The summed E-state index contributed by atoms with van der Waals surface area (Å²) in [6.45, 7) is 0.533. The number of aromatic nitrogens is 1. The van der Waals surface area contributed by atoms with E-state index < -0.39 is 0 Å². The Morgan fingerprint density at radius 1 is 1.06 bits per heavy atom. The summed E-state index contributed by atoms with van der Waals surface area (Å²) in [6, 6.07) is 16.5. The Labute approximate surface area is 189 Å². The third kappa shape index (κ3) is 3.35. The van der Waals surface area contributed by atoms with Gasteiger partial charge in [0.1, 0.15) is 0 Å². The first-order chi connectivity index (χ1) is 15.6. The summed E-state index contributed by atoms with van der Waals surface area (Å²) in [6.07, 6.45) is 0.685. The molecule has 32 heavy (non-hydrogen) atoms.